The molecule has 1 heterocycles. The molecule has 0 fully saturated rings. The van der Waals surface area contributed by atoms with E-state index in [1.165, 1.54) is 47.3 Å². The molecule has 0 aliphatic heterocycles. The van der Waals surface area contributed by atoms with Gasteiger partial charge < -0.3 is 5.11 Å². The van der Waals surface area contributed by atoms with Crippen molar-refractivity contribution in [2.24, 2.45) is 0 Å². The number of nitrogens with zero attached hydrogens (tertiary/aromatic N) is 3. The number of benzene rings is 1. The molecule has 0 bridgehead atoms. The number of halogens is 1. The van der Waals surface area contributed by atoms with Gasteiger partial charge in [0.05, 0.1) is 11.9 Å². The summed E-state index contributed by atoms with van der Waals surface area (Å²) < 4.78 is 14.3. The lowest BCUT2D eigenvalue weighted by Gasteiger charge is -2.18. The van der Waals surface area contributed by atoms with Crippen molar-refractivity contribution in [3.05, 3.63) is 66.3 Å². The average molecular weight is 271 g/mol. The molecule has 0 unspecified atom stereocenters. The number of rotatable bonds is 2. The Labute approximate surface area is 113 Å². The van der Waals surface area contributed by atoms with Crippen LogP contribution in [0.15, 0.2) is 54.8 Å². The van der Waals surface area contributed by atoms with Crippen LogP contribution in [0.3, 0.4) is 0 Å². The number of carbonyl (C=O) groups is 1. The van der Waals surface area contributed by atoms with Gasteiger partial charge in [0.25, 0.3) is 0 Å². The standard InChI is InChI=1S/C14H10FN3O2/c15-10-1-3-11(4-2-10)18-9-13(16-17-18)14(20)7-5-12(19)6-8-14/h1-9,20H. The fraction of sp³-hybridized carbons (Fsp3) is 0.0714. The number of ketones is 1. The van der Waals surface area contributed by atoms with Gasteiger partial charge in [0.15, 0.2) is 5.78 Å². The first-order chi connectivity index (χ1) is 9.57. The lowest BCUT2D eigenvalue weighted by atomic mass is 9.95. The maximum Gasteiger partial charge on any atom is 0.178 e. The van der Waals surface area contributed by atoms with Crippen molar-refractivity contribution in [3.8, 4) is 5.69 Å². The Balaban J connectivity index is 1.95. The monoisotopic (exact) mass is 271 g/mol. The summed E-state index contributed by atoms with van der Waals surface area (Å²) >= 11 is 0. The molecule has 0 saturated carbocycles. The second-order valence-electron chi connectivity index (χ2n) is 4.42. The maximum absolute atomic E-state index is 12.9. The predicted octanol–water partition coefficient (Wildman–Crippen LogP) is 1.29. The number of carbonyl (C=O) groups excluding carboxylic acids is 1. The first-order valence-corrected chi connectivity index (χ1v) is 5.90. The summed E-state index contributed by atoms with van der Waals surface area (Å²) in [5.41, 5.74) is -0.554. The molecule has 0 atom stereocenters. The Hall–Kier alpha value is -2.60. The van der Waals surface area contributed by atoms with E-state index in [0.29, 0.717) is 5.69 Å². The minimum absolute atomic E-state index is 0.194. The molecule has 0 radical (unpaired) electrons. The Morgan fingerprint density at radius 2 is 1.80 bits per heavy atom. The number of aromatic nitrogens is 3. The van der Waals surface area contributed by atoms with Gasteiger partial charge in [-0.15, -0.1) is 5.10 Å². The van der Waals surface area contributed by atoms with Crippen LogP contribution in [0, 0.1) is 5.82 Å². The normalized spacial score (nSPS) is 16.6. The third kappa shape index (κ3) is 2.17. The van der Waals surface area contributed by atoms with Crippen LogP contribution in [0.1, 0.15) is 5.69 Å². The highest BCUT2D eigenvalue weighted by Crippen LogP contribution is 2.25. The van der Waals surface area contributed by atoms with Crippen LogP contribution in [0.25, 0.3) is 5.69 Å². The van der Waals surface area contributed by atoms with E-state index in [9.17, 15) is 14.3 Å². The van der Waals surface area contributed by atoms with Gasteiger partial charge in [0.2, 0.25) is 0 Å². The van der Waals surface area contributed by atoms with Crippen molar-refractivity contribution in [2.75, 3.05) is 0 Å². The van der Waals surface area contributed by atoms with E-state index in [1.54, 1.807) is 12.1 Å². The zero-order chi connectivity index (χ0) is 14.2. The summed E-state index contributed by atoms with van der Waals surface area (Å²) in [6.07, 6.45) is 6.79. The molecular weight excluding hydrogens is 261 g/mol. The van der Waals surface area contributed by atoms with Gasteiger partial charge in [-0.05, 0) is 48.6 Å². The van der Waals surface area contributed by atoms with Gasteiger partial charge in [-0.3, -0.25) is 4.79 Å². The topological polar surface area (TPSA) is 68.0 Å². The number of hydrogen-bond acceptors (Lipinski definition) is 4. The lowest BCUT2D eigenvalue weighted by Crippen LogP contribution is -2.23. The summed E-state index contributed by atoms with van der Waals surface area (Å²) in [5.74, 6) is -0.537. The molecule has 100 valence electrons. The third-order valence-corrected chi connectivity index (χ3v) is 3.00. The second kappa shape index (κ2) is 4.50. The minimum atomic E-state index is -1.45. The molecule has 0 spiro atoms. The Kier molecular flexibility index (Phi) is 2.80. The highest BCUT2D eigenvalue weighted by molar-refractivity contribution is 6.00. The highest BCUT2D eigenvalue weighted by Gasteiger charge is 2.29. The molecule has 1 aromatic heterocycles. The number of allylic oxidation sites excluding steroid dienone is 2. The summed E-state index contributed by atoms with van der Waals surface area (Å²) in [6, 6.07) is 5.72. The highest BCUT2D eigenvalue weighted by atomic mass is 19.1. The molecule has 1 N–H and O–H groups in total. The second-order valence-corrected chi connectivity index (χ2v) is 4.42. The first-order valence-electron chi connectivity index (χ1n) is 5.90. The fourth-order valence-corrected chi connectivity index (χ4v) is 1.87. The van der Waals surface area contributed by atoms with Gasteiger partial charge in [-0.2, -0.15) is 0 Å². The van der Waals surface area contributed by atoms with Gasteiger partial charge in [0, 0.05) is 0 Å². The Morgan fingerprint density at radius 3 is 2.45 bits per heavy atom. The predicted molar refractivity (Wildman–Crippen MR) is 68.5 cm³/mol. The third-order valence-electron chi connectivity index (χ3n) is 3.00. The first kappa shape index (κ1) is 12.4. The Morgan fingerprint density at radius 1 is 1.15 bits per heavy atom. The maximum atomic E-state index is 12.9. The zero-order valence-electron chi connectivity index (χ0n) is 10.3. The van der Waals surface area contributed by atoms with Crippen molar-refractivity contribution in [2.45, 2.75) is 5.60 Å². The zero-order valence-corrected chi connectivity index (χ0v) is 10.3. The molecular formula is C14H10FN3O2. The molecule has 20 heavy (non-hydrogen) atoms. The molecule has 0 saturated heterocycles. The molecule has 6 heteroatoms. The number of aliphatic hydroxyl groups is 1. The molecule has 1 aliphatic rings. The van der Waals surface area contributed by atoms with E-state index in [0.717, 1.165) is 0 Å². The SMILES string of the molecule is O=C1C=CC(O)(c2cn(-c3ccc(F)cc3)nn2)C=C1. The molecule has 3 rings (SSSR count). The lowest BCUT2D eigenvalue weighted by molar-refractivity contribution is -0.110. The van der Waals surface area contributed by atoms with Crippen molar-refractivity contribution in [3.63, 3.8) is 0 Å². The summed E-state index contributed by atoms with van der Waals surface area (Å²) in [7, 11) is 0. The van der Waals surface area contributed by atoms with Crippen molar-refractivity contribution in [1.82, 2.24) is 15.0 Å². The number of hydrogen-bond donors (Lipinski definition) is 1. The van der Waals surface area contributed by atoms with Crippen LogP contribution < -0.4 is 0 Å². The van der Waals surface area contributed by atoms with Gasteiger partial charge in [-0.1, -0.05) is 5.21 Å². The average Bonchev–Trinajstić information content (AvgIpc) is 2.94. The van der Waals surface area contributed by atoms with E-state index >= 15 is 0 Å². The molecule has 0 amide bonds. The summed E-state index contributed by atoms with van der Waals surface area (Å²) in [6.45, 7) is 0. The minimum Gasteiger partial charge on any atom is -0.376 e. The largest absolute Gasteiger partial charge is 0.376 e. The van der Waals surface area contributed by atoms with Gasteiger partial charge in [0.1, 0.15) is 17.1 Å². The van der Waals surface area contributed by atoms with Crippen LogP contribution in [0.2, 0.25) is 0 Å². The van der Waals surface area contributed by atoms with Gasteiger partial charge in [-0.25, -0.2) is 9.07 Å². The molecule has 2 aromatic rings. The molecule has 1 aromatic carbocycles. The smallest absolute Gasteiger partial charge is 0.178 e. The van der Waals surface area contributed by atoms with E-state index < -0.39 is 5.60 Å². The molecule has 1 aliphatic carbocycles. The van der Waals surface area contributed by atoms with Crippen LogP contribution in [-0.4, -0.2) is 25.9 Å². The van der Waals surface area contributed by atoms with Crippen molar-refractivity contribution < 1.29 is 14.3 Å². The van der Waals surface area contributed by atoms with E-state index in [1.807, 2.05) is 0 Å². The van der Waals surface area contributed by atoms with E-state index in [2.05, 4.69) is 10.3 Å². The quantitative estimate of drug-likeness (QED) is 0.893. The fourth-order valence-electron chi connectivity index (χ4n) is 1.87. The van der Waals surface area contributed by atoms with Crippen LogP contribution in [-0.2, 0) is 10.4 Å². The summed E-state index contributed by atoms with van der Waals surface area (Å²) in [4.78, 5) is 11.1. The van der Waals surface area contributed by atoms with Crippen LogP contribution in [0.4, 0.5) is 4.39 Å². The van der Waals surface area contributed by atoms with Crippen molar-refractivity contribution >= 4 is 5.78 Å². The van der Waals surface area contributed by atoms with Crippen LogP contribution >= 0.6 is 0 Å². The van der Waals surface area contributed by atoms with Crippen molar-refractivity contribution in [1.29, 1.82) is 0 Å². The Bertz CT molecular complexity index is 700. The molecule has 5 nitrogen and oxygen atoms in total. The van der Waals surface area contributed by atoms with E-state index in [4.69, 9.17) is 0 Å². The van der Waals surface area contributed by atoms with Gasteiger partial charge >= 0.3 is 0 Å². The van der Waals surface area contributed by atoms with Crippen LogP contribution in [0.5, 0.6) is 0 Å². The summed E-state index contributed by atoms with van der Waals surface area (Å²) in [5, 5.41) is 18.1. The van der Waals surface area contributed by atoms with E-state index in [-0.39, 0.29) is 17.3 Å².